The molecule has 0 fully saturated rings. The second-order valence-electron chi connectivity index (χ2n) is 4.98. The first-order valence-corrected chi connectivity index (χ1v) is 7.79. The second kappa shape index (κ2) is 7.31. The number of aromatic nitrogens is 2. The summed E-state index contributed by atoms with van der Waals surface area (Å²) >= 11 is 12.0. The average molecular weight is 356 g/mol. The molecule has 6 heteroatoms. The number of hydrogen-bond donors (Lipinski definition) is 0. The zero-order chi connectivity index (χ0) is 16.9. The van der Waals surface area contributed by atoms with E-state index in [9.17, 15) is 0 Å². The first-order chi connectivity index (χ1) is 11.7. The van der Waals surface area contributed by atoms with Crippen LogP contribution in [0.3, 0.4) is 0 Å². The third-order valence-electron chi connectivity index (χ3n) is 3.33. The summed E-state index contributed by atoms with van der Waals surface area (Å²) in [5, 5.41) is 9.94. The van der Waals surface area contributed by atoms with E-state index in [1.54, 1.807) is 36.8 Å². The molecule has 0 N–H and O–H groups in total. The summed E-state index contributed by atoms with van der Waals surface area (Å²) < 4.78 is 5.76. The zero-order valence-corrected chi connectivity index (χ0v) is 13.9. The van der Waals surface area contributed by atoms with Crippen molar-refractivity contribution in [3.63, 3.8) is 0 Å². The molecule has 0 unspecified atom stereocenters. The quantitative estimate of drug-likeness (QED) is 0.667. The van der Waals surface area contributed by atoms with Crippen molar-refractivity contribution in [2.24, 2.45) is 0 Å². The summed E-state index contributed by atoms with van der Waals surface area (Å²) in [6, 6.07) is 12.6. The fraction of sp³-hybridized carbons (Fsp3) is 0.0556. The fourth-order valence-electron chi connectivity index (χ4n) is 2.09. The van der Waals surface area contributed by atoms with Crippen molar-refractivity contribution in [3.8, 4) is 22.9 Å². The Bertz CT molecular complexity index is 905. The van der Waals surface area contributed by atoms with Crippen LogP contribution in [0.1, 0.15) is 11.3 Å². The van der Waals surface area contributed by atoms with E-state index < -0.39 is 0 Å². The Morgan fingerprint density at radius 3 is 2.58 bits per heavy atom. The van der Waals surface area contributed by atoms with Crippen molar-refractivity contribution in [2.75, 3.05) is 0 Å². The van der Waals surface area contributed by atoms with Crippen LogP contribution in [-0.4, -0.2) is 9.97 Å². The van der Waals surface area contributed by atoms with E-state index >= 15 is 0 Å². The van der Waals surface area contributed by atoms with Gasteiger partial charge in [0.15, 0.2) is 0 Å². The lowest BCUT2D eigenvalue weighted by molar-refractivity contribution is 0.305. The fourth-order valence-corrected chi connectivity index (χ4v) is 2.55. The Kier molecular flexibility index (Phi) is 4.95. The van der Waals surface area contributed by atoms with Crippen LogP contribution in [0.4, 0.5) is 0 Å². The molecule has 3 rings (SSSR count). The summed E-state index contributed by atoms with van der Waals surface area (Å²) in [4.78, 5) is 8.24. The molecule has 0 radical (unpaired) electrons. The van der Waals surface area contributed by atoms with Crippen molar-refractivity contribution in [2.45, 2.75) is 6.61 Å². The van der Waals surface area contributed by atoms with Gasteiger partial charge in [-0.3, -0.25) is 4.98 Å². The molecule has 1 aromatic carbocycles. The third-order valence-corrected chi connectivity index (χ3v) is 3.92. The average Bonchev–Trinajstić information content (AvgIpc) is 2.61. The molecule has 0 aliphatic carbocycles. The molecule has 4 nitrogen and oxygen atoms in total. The monoisotopic (exact) mass is 355 g/mol. The lowest BCUT2D eigenvalue weighted by Crippen LogP contribution is -1.97. The van der Waals surface area contributed by atoms with Gasteiger partial charge in [0, 0.05) is 39.1 Å². The largest absolute Gasteiger partial charge is 0.487 e. The Hall–Kier alpha value is -2.61. The molecule has 0 aliphatic heterocycles. The van der Waals surface area contributed by atoms with Crippen LogP contribution in [0.2, 0.25) is 10.0 Å². The number of halogens is 2. The van der Waals surface area contributed by atoms with Crippen LogP contribution in [0.15, 0.2) is 55.0 Å². The van der Waals surface area contributed by atoms with Gasteiger partial charge in [-0.1, -0.05) is 29.3 Å². The minimum absolute atomic E-state index is 0.312. The van der Waals surface area contributed by atoms with Gasteiger partial charge in [-0.15, -0.1) is 0 Å². The highest BCUT2D eigenvalue weighted by atomic mass is 35.5. The number of ether oxygens (including phenoxy) is 1. The maximum Gasteiger partial charge on any atom is 0.140 e. The van der Waals surface area contributed by atoms with Gasteiger partial charge in [-0.2, -0.15) is 5.26 Å². The van der Waals surface area contributed by atoms with Crippen LogP contribution in [-0.2, 0) is 6.61 Å². The molecular weight excluding hydrogens is 345 g/mol. The number of benzene rings is 1. The molecular formula is C18H11Cl2N3O. The van der Waals surface area contributed by atoms with Gasteiger partial charge in [0.25, 0.3) is 0 Å². The van der Waals surface area contributed by atoms with E-state index in [-0.39, 0.29) is 0 Å². The Morgan fingerprint density at radius 2 is 1.88 bits per heavy atom. The van der Waals surface area contributed by atoms with Crippen LogP contribution in [0.5, 0.6) is 5.75 Å². The number of pyridine rings is 2. The van der Waals surface area contributed by atoms with Crippen molar-refractivity contribution >= 4 is 23.2 Å². The second-order valence-corrected chi connectivity index (χ2v) is 5.82. The molecule has 0 bridgehead atoms. The summed E-state index contributed by atoms with van der Waals surface area (Å²) in [5.74, 6) is 0.614. The van der Waals surface area contributed by atoms with E-state index in [2.05, 4.69) is 9.97 Å². The van der Waals surface area contributed by atoms with Gasteiger partial charge < -0.3 is 4.74 Å². The Balaban J connectivity index is 1.76. The summed E-state index contributed by atoms with van der Waals surface area (Å²) in [5.41, 5.74) is 2.92. The Labute approximate surface area is 149 Å². The van der Waals surface area contributed by atoms with Gasteiger partial charge in [0.05, 0.1) is 6.20 Å². The van der Waals surface area contributed by atoms with Gasteiger partial charge in [0.1, 0.15) is 24.1 Å². The molecule has 118 valence electrons. The van der Waals surface area contributed by atoms with Gasteiger partial charge in [-0.05, 0) is 30.3 Å². The maximum absolute atomic E-state index is 8.80. The number of nitrogens with zero attached hydrogens (tertiary/aromatic N) is 3. The smallest absolute Gasteiger partial charge is 0.140 e. The van der Waals surface area contributed by atoms with Crippen molar-refractivity contribution in [1.29, 1.82) is 5.26 Å². The minimum atomic E-state index is 0.312. The molecule has 0 aliphatic rings. The standard InChI is InChI=1S/C18H11Cl2N3O/c19-15-3-1-13(18(20)6-15)11-24-17-5-14(8-22-10-17)12-2-4-16(7-21)23-9-12/h1-6,8-10H,11H2. The van der Waals surface area contributed by atoms with Crippen LogP contribution >= 0.6 is 23.2 Å². The van der Waals surface area contributed by atoms with E-state index in [0.29, 0.717) is 28.1 Å². The SMILES string of the molecule is N#Cc1ccc(-c2cncc(OCc3ccc(Cl)cc3Cl)c2)cn1. The van der Waals surface area contributed by atoms with Gasteiger partial charge in [-0.25, -0.2) is 4.98 Å². The molecule has 24 heavy (non-hydrogen) atoms. The highest BCUT2D eigenvalue weighted by Gasteiger charge is 2.05. The lowest BCUT2D eigenvalue weighted by atomic mass is 10.1. The number of nitriles is 1. The van der Waals surface area contributed by atoms with E-state index in [1.807, 2.05) is 24.3 Å². The van der Waals surface area contributed by atoms with Crippen LogP contribution in [0, 0.1) is 11.3 Å². The maximum atomic E-state index is 8.80. The summed E-state index contributed by atoms with van der Waals surface area (Å²) in [7, 11) is 0. The number of hydrogen-bond acceptors (Lipinski definition) is 4. The molecule has 2 aromatic heterocycles. The number of rotatable bonds is 4. The van der Waals surface area contributed by atoms with Crippen molar-refractivity contribution in [3.05, 3.63) is 76.3 Å². The molecule has 0 atom stereocenters. The first kappa shape index (κ1) is 16.3. The third kappa shape index (κ3) is 3.83. The summed E-state index contributed by atoms with van der Waals surface area (Å²) in [6.45, 7) is 0.312. The molecule has 2 heterocycles. The van der Waals surface area contributed by atoms with Crippen LogP contribution in [0.25, 0.3) is 11.1 Å². The predicted molar refractivity (Wildman–Crippen MR) is 93.0 cm³/mol. The normalized spacial score (nSPS) is 10.2. The molecule has 0 spiro atoms. The van der Waals surface area contributed by atoms with Crippen LogP contribution < -0.4 is 4.74 Å². The molecule has 0 saturated carbocycles. The van der Waals surface area contributed by atoms with Crippen molar-refractivity contribution in [1.82, 2.24) is 9.97 Å². The van der Waals surface area contributed by atoms with Gasteiger partial charge in [0.2, 0.25) is 0 Å². The van der Waals surface area contributed by atoms with E-state index in [1.165, 1.54) is 0 Å². The molecule has 0 amide bonds. The van der Waals surface area contributed by atoms with Crippen molar-refractivity contribution < 1.29 is 4.74 Å². The summed E-state index contributed by atoms with van der Waals surface area (Å²) in [6.07, 6.45) is 4.98. The molecule has 0 saturated heterocycles. The predicted octanol–water partition coefficient (Wildman–Crippen LogP) is 4.90. The molecule has 3 aromatic rings. The highest BCUT2D eigenvalue weighted by molar-refractivity contribution is 6.35. The Morgan fingerprint density at radius 1 is 1.00 bits per heavy atom. The first-order valence-electron chi connectivity index (χ1n) is 7.04. The van der Waals surface area contributed by atoms with E-state index in [0.717, 1.165) is 16.7 Å². The zero-order valence-electron chi connectivity index (χ0n) is 12.4. The lowest BCUT2D eigenvalue weighted by Gasteiger charge is -2.09. The van der Waals surface area contributed by atoms with Gasteiger partial charge >= 0.3 is 0 Å². The topological polar surface area (TPSA) is 58.8 Å². The minimum Gasteiger partial charge on any atom is -0.487 e. The van der Waals surface area contributed by atoms with E-state index in [4.69, 9.17) is 33.2 Å². The highest BCUT2D eigenvalue weighted by Crippen LogP contribution is 2.25.